The van der Waals surface area contributed by atoms with Gasteiger partial charge in [-0.15, -0.1) is 13.2 Å². The number of allylic oxidation sites excluding steroid dienone is 1. The van der Waals surface area contributed by atoms with Gasteiger partial charge in [0.2, 0.25) is 11.8 Å². The molecule has 1 spiro atoms. The number of aliphatic hydroxyl groups is 1. The standard InChI is InChI=1S/C31H50N2O6/c1-8-12-14-15-18-38-29(37)25-24-27(35)33(23(20-34)21(5)11-4)26(28(36)32(16-10-3)17-13-9-2)31(24)19-22(6)30(25,7)39-31/h8,10,21-26,34H,1,3,9,11-20H2,2,4-7H3/t21-,22?,23-,24-,25-,26?,30+,31?/m0/s1. The molecule has 3 unspecified atom stereocenters. The number of carbonyl (C=O) groups excluding carboxylic acids is 3. The maximum Gasteiger partial charge on any atom is 0.312 e. The Morgan fingerprint density at radius 3 is 2.56 bits per heavy atom. The third-order valence-electron chi connectivity index (χ3n) is 9.58. The van der Waals surface area contributed by atoms with Crippen LogP contribution in [0.25, 0.3) is 0 Å². The number of fused-ring (bicyclic) bond motifs is 1. The van der Waals surface area contributed by atoms with Gasteiger partial charge in [0, 0.05) is 13.1 Å². The molecule has 39 heavy (non-hydrogen) atoms. The Balaban J connectivity index is 2.07. The molecule has 3 heterocycles. The molecule has 0 aromatic heterocycles. The molecule has 0 aromatic carbocycles. The Morgan fingerprint density at radius 2 is 1.97 bits per heavy atom. The van der Waals surface area contributed by atoms with Gasteiger partial charge >= 0.3 is 5.97 Å². The van der Waals surface area contributed by atoms with Crippen LogP contribution in [0.2, 0.25) is 0 Å². The molecular formula is C31H50N2O6. The van der Waals surface area contributed by atoms with Crippen LogP contribution in [-0.2, 0) is 23.9 Å². The normalized spacial score (nSPS) is 32.6. The van der Waals surface area contributed by atoms with Crippen molar-refractivity contribution in [2.75, 3.05) is 26.3 Å². The number of unbranched alkanes of at least 4 members (excludes halogenated alkanes) is 3. The van der Waals surface area contributed by atoms with Crippen molar-refractivity contribution in [2.45, 2.75) is 103 Å². The molecule has 3 aliphatic rings. The van der Waals surface area contributed by atoms with Crippen LogP contribution < -0.4 is 0 Å². The summed E-state index contributed by atoms with van der Waals surface area (Å²) < 4.78 is 12.5. The van der Waals surface area contributed by atoms with E-state index in [4.69, 9.17) is 9.47 Å². The van der Waals surface area contributed by atoms with E-state index in [1.54, 1.807) is 15.9 Å². The minimum Gasteiger partial charge on any atom is -0.465 e. The minimum absolute atomic E-state index is 0.0477. The molecule has 1 N–H and O–H groups in total. The molecule has 3 fully saturated rings. The first kappa shape index (κ1) is 31.3. The maximum absolute atomic E-state index is 14.4. The fourth-order valence-corrected chi connectivity index (χ4v) is 7.11. The van der Waals surface area contributed by atoms with Gasteiger partial charge in [0.25, 0.3) is 0 Å². The van der Waals surface area contributed by atoms with Gasteiger partial charge in [0.1, 0.15) is 17.6 Å². The van der Waals surface area contributed by atoms with Gasteiger partial charge in [-0.05, 0) is 50.9 Å². The average molecular weight is 547 g/mol. The summed E-state index contributed by atoms with van der Waals surface area (Å²) in [6.45, 7) is 18.5. The Morgan fingerprint density at radius 1 is 1.26 bits per heavy atom. The lowest BCUT2D eigenvalue weighted by Crippen LogP contribution is -2.60. The van der Waals surface area contributed by atoms with Crippen molar-refractivity contribution < 1.29 is 29.0 Å². The minimum atomic E-state index is -1.15. The van der Waals surface area contributed by atoms with Crippen LogP contribution in [0, 0.1) is 23.7 Å². The van der Waals surface area contributed by atoms with Gasteiger partial charge in [0.05, 0.1) is 30.8 Å². The van der Waals surface area contributed by atoms with Gasteiger partial charge in [-0.2, -0.15) is 0 Å². The van der Waals surface area contributed by atoms with Crippen molar-refractivity contribution in [3.8, 4) is 0 Å². The highest BCUT2D eigenvalue weighted by atomic mass is 16.6. The second-order valence-electron chi connectivity index (χ2n) is 12.0. The zero-order valence-electron chi connectivity index (χ0n) is 24.7. The van der Waals surface area contributed by atoms with Crippen LogP contribution in [-0.4, -0.2) is 82.3 Å². The summed E-state index contributed by atoms with van der Waals surface area (Å²) in [6, 6.07) is -1.48. The molecule has 3 aliphatic heterocycles. The monoisotopic (exact) mass is 546 g/mol. The van der Waals surface area contributed by atoms with Crippen molar-refractivity contribution in [3.05, 3.63) is 25.3 Å². The molecule has 8 heteroatoms. The Labute approximate surface area is 234 Å². The molecular weight excluding hydrogens is 496 g/mol. The summed E-state index contributed by atoms with van der Waals surface area (Å²) in [5, 5.41) is 10.5. The summed E-state index contributed by atoms with van der Waals surface area (Å²) in [6.07, 6.45) is 8.92. The van der Waals surface area contributed by atoms with Crippen molar-refractivity contribution in [1.29, 1.82) is 0 Å². The van der Waals surface area contributed by atoms with E-state index in [0.29, 0.717) is 25.9 Å². The molecule has 0 radical (unpaired) electrons. The summed E-state index contributed by atoms with van der Waals surface area (Å²) in [5.74, 6) is -2.67. The SMILES string of the molecule is C=CCCCCOC(=O)[C@@H]1[C@H]2C(=O)N([C@@H](CO)[C@@H](C)CC)C(C(=O)N(CC=C)CCCC)C23CC(C)[C@@]1(C)O3. The highest BCUT2D eigenvalue weighted by Crippen LogP contribution is 2.65. The predicted octanol–water partition coefficient (Wildman–Crippen LogP) is 4.12. The van der Waals surface area contributed by atoms with E-state index in [1.165, 1.54) is 0 Å². The average Bonchev–Trinajstić information content (AvgIpc) is 3.43. The van der Waals surface area contributed by atoms with Crippen LogP contribution in [0.15, 0.2) is 25.3 Å². The zero-order valence-corrected chi connectivity index (χ0v) is 24.7. The smallest absolute Gasteiger partial charge is 0.312 e. The molecule has 0 aliphatic carbocycles. The number of hydrogen-bond acceptors (Lipinski definition) is 6. The number of ether oxygens (including phenoxy) is 2. The number of aliphatic hydroxyl groups excluding tert-OH is 1. The first-order valence-electron chi connectivity index (χ1n) is 14.9. The lowest BCUT2D eigenvalue weighted by Gasteiger charge is -2.41. The van der Waals surface area contributed by atoms with E-state index in [9.17, 15) is 19.5 Å². The van der Waals surface area contributed by atoms with Gasteiger partial charge in [-0.3, -0.25) is 14.4 Å². The van der Waals surface area contributed by atoms with Crippen LogP contribution in [0.1, 0.15) is 79.6 Å². The predicted molar refractivity (Wildman–Crippen MR) is 151 cm³/mol. The van der Waals surface area contributed by atoms with Crippen LogP contribution in [0.3, 0.4) is 0 Å². The van der Waals surface area contributed by atoms with E-state index in [2.05, 4.69) is 20.1 Å². The summed E-state index contributed by atoms with van der Waals surface area (Å²) in [7, 11) is 0. The van der Waals surface area contributed by atoms with Gasteiger partial charge < -0.3 is 24.4 Å². The molecule has 0 saturated carbocycles. The van der Waals surface area contributed by atoms with Crippen molar-refractivity contribution in [1.82, 2.24) is 9.80 Å². The molecule has 220 valence electrons. The fraction of sp³-hybridized carbons (Fsp3) is 0.774. The largest absolute Gasteiger partial charge is 0.465 e. The number of rotatable bonds is 16. The molecule has 0 aromatic rings. The number of amides is 2. The summed E-state index contributed by atoms with van der Waals surface area (Å²) in [5.41, 5.74) is -2.07. The van der Waals surface area contributed by atoms with Crippen molar-refractivity contribution in [3.63, 3.8) is 0 Å². The number of likely N-dealkylation sites (tertiary alicyclic amines) is 1. The third-order valence-corrected chi connectivity index (χ3v) is 9.58. The van der Waals surface area contributed by atoms with E-state index in [0.717, 1.165) is 32.1 Å². The molecule has 2 bridgehead atoms. The quantitative estimate of drug-likeness (QED) is 0.178. The fourth-order valence-electron chi connectivity index (χ4n) is 7.11. The number of esters is 1. The second-order valence-corrected chi connectivity index (χ2v) is 12.0. The molecule has 8 nitrogen and oxygen atoms in total. The molecule has 8 atom stereocenters. The number of carbonyl (C=O) groups is 3. The Hall–Kier alpha value is -2.19. The van der Waals surface area contributed by atoms with E-state index in [-0.39, 0.29) is 36.9 Å². The Kier molecular flexibility index (Phi) is 10.4. The molecule has 3 rings (SSSR count). The van der Waals surface area contributed by atoms with E-state index in [1.807, 2.05) is 33.8 Å². The summed E-state index contributed by atoms with van der Waals surface area (Å²) >= 11 is 0. The highest BCUT2D eigenvalue weighted by molar-refractivity contribution is 5.98. The Bertz CT molecular complexity index is 923. The van der Waals surface area contributed by atoms with Gasteiger partial charge in [0.15, 0.2) is 0 Å². The third kappa shape index (κ3) is 5.43. The first-order valence-corrected chi connectivity index (χ1v) is 14.9. The number of nitrogens with zero attached hydrogens (tertiary/aromatic N) is 2. The number of hydrogen-bond donors (Lipinski definition) is 1. The first-order chi connectivity index (χ1) is 18.6. The molecule has 3 saturated heterocycles. The van der Waals surface area contributed by atoms with Gasteiger partial charge in [-0.1, -0.05) is 52.7 Å². The topological polar surface area (TPSA) is 96.4 Å². The lowest BCUT2D eigenvalue weighted by molar-refractivity contribution is -0.164. The zero-order chi connectivity index (χ0) is 29.0. The maximum atomic E-state index is 14.4. The van der Waals surface area contributed by atoms with Crippen molar-refractivity contribution in [2.24, 2.45) is 23.7 Å². The van der Waals surface area contributed by atoms with E-state index >= 15 is 0 Å². The molecule has 2 amide bonds. The highest BCUT2D eigenvalue weighted by Gasteiger charge is 2.80. The van der Waals surface area contributed by atoms with Crippen LogP contribution in [0.5, 0.6) is 0 Å². The summed E-state index contributed by atoms with van der Waals surface area (Å²) in [4.78, 5) is 45.8. The van der Waals surface area contributed by atoms with Gasteiger partial charge in [-0.25, -0.2) is 0 Å². The van der Waals surface area contributed by atoms with Crippen molar-refractivity contribution >= 4 is 17.8 Å². The second kappa shape index (κ2) is 13.0. The lowest BCUT2D eigenvalue weighted by atomic mass is 9.62. The van der Waals surface area contributed by atoms with Crippen LogP contribution in [0.4, 0.5) is 0 Å². The van der Waals surface area contributed by atoms with E-state index < -0.39 is 41.1 Å². The van der Waals surface area contributed by atoms with Crippen LogP contribution >= 0.6 is 0 Å².